The maximum absolute atomic E-state index is 13.4. The summed E-state index contributed by atoms with van der Waals surface area (Å²) in [5, 5.41) is 1.59. The lowest BCUT2D eigenvalue weighted by Gasteiger charge is -2.28. The molecule has 0 aromatic heterocycles. The smallest absolute Gasteiger partial charge is 0.258 e. The monoisotopic (exact) mass is 365 g/mol. The summed E-state index contributed by atoms with van der Waals surface area (Å²) in [5.41, 5.74) is 0.628. The van der Waals surface area contributed by atoms with Crippen molar-refractivity contribution in [1.82, 2.24) is 0 Å². The topological polar surface area (TPSA) is 54.5 Å². The molecule has 24 heavy (non-hydrogen) atoms. The van der Waals surface area contributed by atoms with E-state index in [4.69, 9.17) is 11.6 Å². The largest absolute Gasteiger partial charge is 0.300 e. The highest BCUT2D eigenvalue weighted by Gasteiger charge is 2.32. The number of hydrogen-bond acceptors (Lipinski definition) is 3. The molecule has 1 heterocycles. The Morgan fingerprint density at radius 2 is 1.88 bits per heavy atom. The van der Waals surface area contributed by atoms with Gasteiger partial charge in [-0.3, -0.25) is 4.79 Å². The standard InChI is InChI=1S/C17H13ClFNO3S/c18-13-4-6-15(7-5-13)20(16-8-9-24(22,23)11-16)17(21)12-2-1-3-14(19)10-12/h1-10,16H,11H2/t16-/m1/s1. The Hall–Kier alpha value is -2.18. The van der Waals surface area contributed by atoms with Gasteiger partial charge in [0.1, 0.15) is 5.82 Å². The normalized spacial score (nSPS) is 18.5. The Kier molecular flexibility index (Phi) is 4.43. The minimum Gasteiger partial charge on any atom is -0.300 e. The summed E-state index contributed by atoms with van der Waals surface area (Å²) in [7, 11) is -3.36. The summed E-state index contributed by atoms with van der Waals surface area (Å²) in [6.45, 7) is 0. The van der Waals surface area contributed by atoms with Gasteiger partial charge in [-0.1, -0.05) is 17.7 Å². The average Bonchev–Trinajstić information content (AvgIpc) is 2.89. The second kappa shape index (κ2) is 6.37. The highest BCUT2D eigenvalue weighted by molar-refractivity contribution is 7.94. The lowest BCUT2D eigenvalue weighted by Crippen LogP contribution is -2.41. The number of amides is 1. The number of rotatable bonds is 3. The predicted octanol–water partition coefficient (Wildman–Crippen LogP) is 3.44. The maximum Gasteiger partial charge on any atom is 0.258 e. The van der Waals surface area contributed by atoms with Crippen molar-refractivity contribution >= 4 is 33.0 Å². The van der Waals surface area contributed by atoms with Gasteiger partial charge in [0.25, 0.3) is 5.91 Å². The van der Waals surface area contributed by atoms with E-state index < -0.39 is 27.6 Å². The van der Waals surface area contributed by atoms with Gasteiger partial charge in [0.15, 0.2) is 9.84 Å². The van der Waals surface area contributed by atoms with Gasteiger partial charge in [-0.05, 0) is 48.5 Å². The first-order valence-corrected chi connectivity index (χ1v) is 9.21. The molecule has 2 aromatic carbocycles. The molecule has 124 valence electrons. The molecule has 7 heteroatoms. The fourth-order valence-corrected chi connectivity index (χ4v) is 3.94. The maximum atomic E-state index is 13.4. The number of carbonyl (C=O) groups excluding carboxylic acids is 1. The van der Waals surface area contributed by atoms with E-state index in [-0.39, 0.29) is 11.3 Å². The van der Waals surface area contributed by atoms with Gasteiger partial charge in [0.05, 0.1) is 11.8 Å². The first-order valence-electron chi connectivity index (χ1n) is 7.11. The number of nitrogens with zero attached hydrogens (tertiary/aromatic N) is 1. The van der Waals surface area contributed by atoms with E-state index in [2.05, 4.69) is 0 Å². The van der Waals surface area contributed by atoms with Gasteiger partial charge in [-0.25, -0.2) is 12.8 Å². The summed E-state index contributed by atoms with van der Waals surface area (Å²) in [4.78, 5) is 14.2. The van der Waals surface area contributed by atoms with E-state index in [1.807, 2.05) is 0 Å². The molecule has 0 fully saturated rings. The van der Waals surface area contributed by atoms with Crippen LogP contribution >= 0.6 is 11.6 Å². The van der Waals surface area contributed by atoms with E-state index in [1.54, 1.807) is 24.3 Å². The zero-order chi connectivity index (χ0) is 17.3. The van der Waals surface area contributed by atoms with Crippen LogP contribution < -0.4 is 4.90 Å². The number of anilines is 1. The van der Waals surface area contributed by atoms with Crippen LogP contribution in [0, 0.1) is 5.82 Å². The average molecular weight is 366 g/mol. The lowest BCUT2D eigenvalue weighted by atomic mass is 10.1. The molecule has 0 N–H and O–H groups in total. The predicted molar refractivity (Wildman–Crippen MR) is 91.4 cm³/mol. The van der Waals surface area contributed by atoms with Crippen LogP contribution in [0.3, 0.4) is 0 Å². The molecule has 0 radical (unpaired) electrons. The first-order chi connectivity index (χ1) is 11.4. The third-order valence-corrected chi connectivity index (χ3v) is 5.27. The summed E-state index contributed by atoms with van der Waals surface area (Å²) < 4.78 is 36.9. The Bertz CT molecular complexity index is 910. The molecular formula is C17H13ClFNO3S. The summed E-state index contributed by atoms with van der Waals surface area (Å²) in [5.74, 6) is -1.23. The fraction of sp³-hybridized carbons (Fsp3) is 0.118. The van der Waals surface area contributed by atoms with Crippen LogP contribution in [0.1, 0.15) is 10.4 Å². The Morgan fingerprint density at radius 1 is 1.17 bits per heavy atom. The van der Waals surface area contributed by atoms with Crippen LogP contribution in [-0.4, -0.2) is 26.1 Å². The molecule has 1 aliphatic rings. The third-order valence-electron chi connectivity index (χ3n) is 3.64. The molecule has 0 saturated carbocycles. The fourth-order valence-electron chi connectivity index (χ4n) is 2.54. The van der Waals surface area contributed by atoms with E-state index in [9.17, 15) is 17.6 Å². The Balaban J connectivity index is 2.03. The second-order valence-electron chi connectivity index (χ2n) is 5.39. The van der Waals surface area contributed by atoms with Crippen LogP contribution in [0.25, 0.3) is 0 Å². The molecule has 1 atom stereocenters. The number of sulfone groups is 1. The van der Waals surface area contributed by atoms with Crippen LogP contribution in [-0.2, 0) is 9.84 Å². The second-order valence-corrected chi connectivity index (χ2v) is 7.75. The van der Waals surface area contributed by atoms with Gasteiger partial charge < -0.3 is 4.90 Å². The van der Waals surface area contributed by atoms with Gasteiger partial charge in [-0.2, -0.15) is 0 Å². The summed E-state index contributed by atoms with van der Waals surface area (Å²) in [6.07, 6.45) is 1.46. The number of carbonyl (C=O) groups is 1. The quantitative estimate of drug-likeness (QED) is 0.837. The van der Waals surface area contributed by atoms with Crippen molar-refractivity contribution in [3.05, 3.63) is 76.4 Å². The molecule has 0 unspecified atom stereocenters. The highest BCUT2D eigenvalue weighted by atomic mass is 35.5. The molecule has 0 spiro atoms. The van der Waals surface area contributed by atoms with Crippen molar-refractivity contribution in [3.63, 3.8) is 0 Å². The van der Waals surface area contributed by atoms with E-state index in [0.717, 1.165) is 11.5 Å². The molecule has 0 saturated heterocycles. The summed E-state index contributed by atoms with van der Waals surface area (Å²) >= 11 is 5.88. The van der Waals surface area contributed by atoms with Crippen molar-refractivity contribution < 1.29 is 17.6 Å². The lowest BCUT2D eigenvalue weighted by molar-refractivity contribution is 0.0982. The van der Waals surface area contributed by atoms with Crippen LogP contribution in [0.2, 0.25) is 5.02 Å². The number of hydrogen-bond donors (Lipinski definition) is 0. The highest BCUT2D eigenvalue weighted by Crippen LogP contribution is 2.26. The molecule has 3 rings (SSSR count). The van der Waals surface area contributed by atoms with Crippen molar-refractivity contribution in [3.8, 4) is 0 Å². The molecule has 1 aliphatic heterocycles. The van der Waals surface area contributed by atoms with Gasteiger partial charge >= 0.3 is 0 Å². The van der Waals surface area contributed by atoms with E-state index >= 15 is 0 Å². The molecule has 4 nitrogen and oxygen atoms in total. The van der Waals surface area contributed by atoms with Crippen molar-refractivity contribution in [2.45, 2.75) is 6.04 Å². The Labute approximate surface area is 144 Å². The molecule has 0 bridgehead atoms. The van der Waals surface area contributed by atoms with Gasteiger partial charge in [0.2, 0.25) is 0 Å². The molecular weight excluding hydrogens is 353 g/mol. The van der Waals surface area contributed by atoms with Crippen LogP contribution in [0.15, 0.2) is 60.0 Å². The van der Waals surface area contributed by atoms with Gasteiger partial charge in [0, 0.05) is 21.7 Å². The van der Waals surface area contributed by atoms with E-state index in [0.29, 0.717) is 10.7 Å². The third kappa shape index (κ3) is 3.49. The van der Waals surface area contributed by atoms with Crippen molar-refractivity contribution in [2.75, 3.05) is 10.7 Å². The van der Waals surface area contributed by atoms with Crippen molar-refractivity contribution in [2.24, 2.45) is 0 Å². The SMILES string of the molecule is O=C(c1cccc(F)c1)N(c1ccc(Cl)cc1)[C@@H]1C=CS(=O)(=O)C1. The Morgan fingerprint density at radius 3 is 2.46 bits per heavy atom. The van der Waals surface area contributed by atoms with E-state index in [1.165, 1.54) is 29.2 Å². The number of halogens is 2. The summed E-state index contributed by atoms with van der Waals surface area (Å²) in [6, 6.07) is 11.1. The zero-order valence-corrected chi connectivity index (χ0v) is 14.0. The van der Waals surface area contributed by atoms with Crippen molar-refractivity contribution in [1.29, 1.82) is 0 Å². The first kappa shape index (κ1) is 16.7. The van der Waals surface area contributed by atoms with Crippen LogP contribution in [0.5, 0.6) is 0 Å². The number of benzene rings is 2. The minimum atomic E-state index is -3.36. The van der Waals surface area contributed by atoms with Gasteiger partial charge in [-0.15, -0.1) is 0 Å². The molecule has 0 aliphatic carbocycles. The minimum absolute atomic E-state index is 0.141. The molecule has 2 aromatic rings. The molecule has 1 amide bonds. The zero-order valence-electron chi connectivity index (χ0n) is 12.4. The van der Waals surface area contributed by atoms with Crippen LogP contribution in [0.4, 0.5) is 10.1 Å².